The molecule has 0 spiro atoms. The zero-order valence-corrected chi connectivity index (χ0v) is 16.7. The van der Waals surface area contributed by atoms with E-state index in [1.165, 1.54) is 18.4 Å². The SMILES string of the molecule is Cc1ccc(C)c(S(=O)(=O)N2CCN(c3nn(C)c(=O)n(C)c3=O)CC2)c1. The highest BCUT2D eigenvalue weighted by atomic mass is 32.2. The zero-order valence-electron chi connectivity index (χ0n) is 15.8. The fourth-order valence-electron chi connectivity index (χ4n) is 3.14. The molecule has 9 nitrogen and oxygen atoms in total. The lowest BCUT2D eigenvalue weighted by Crippen LogP contribution is -2.52. The molecule has 3 rings (SSSR count). The molecule has 1 aromatic carbocycles. The van der Waals surface area contributed by atoms with E-state index in [1.807, 2.05) is 13.0 Å². The van der Waals surface area contributed by atoms with E-state index in [1.54, 1.807) is 24.0 Å². The molecule has 146 valence electrons. The molecule has 0 radical (unpaired) electrons. The fraction of sp³-hybridized carbons (Fsp3) is 0.471. The van der Waals surface area contributed by atoms with Gasteiger partial charge in [0.2, 0.25) is 15.8 Å². The second-order valence-electron chi connectivity index (χ2n) is 6.75. The second kappa shape index (κ2) is 6.93. The van der Waals surface area contributed by atoms with Crippen LogP contribution in [0.5, 0.6) is 0 Å². The first kappa shape index (κ1) is 19.3. The lowest BCUT2D eigenvalue weighted by Gasteiger charge is -2.34. The van der Waals surface area contributed by atoms with Crippen molar-refractivity contribution in [2.45, 2.75) is 18.7 Å². The molecule has 27 heavy (non-hydrogen) atoms. The molecule has 0 amide bonds. The lowest BCUT2D eigenvalue weighted by atomic mass is 10.2. The van der Waals surface area contributed by atoms with Crippen molar-refractivity contribution in [2.75, 3.05) is 31.1 Å². The zero-order chi connectivity index (χ0) is 19.9. The van der Waals surface area contributed by atoms with Gasteiger partial charge in [-0.3, -0.25) is 9.36 Å². The number of hydrogen-bond donors (Lipinski definition) is 0. The molecule has 1 aliphatic rings. The van der Waals surface area contributed by atoms with E-state index in [0.29, 0.717) is 23.5 Å². The highest BCUT2D eigenvalue weighted by Gasteiger charge is 2.31. The first-order valence-corrected chi connectivity index (χ1v) is 10.0. The van der Waals surface area contributed by atoms with Crippen molar-refractivity contribution in [3.8, 4) is 0 Å². The van der Waals surface area contributed by atoms with Gasteiger partial charge >= 0.3 is 5.69 Å². The number of anilines is 1. The van der Waals surface area contributed by atoms with Gasteiger partial charge in [0.1, 0.15) is 0 Å². The average molecular weight is 393 g/mol. The lowest BCUT2D eigenvalue weighted by molar-refractivity contribution is 0.381. The number of nitrogens with zero attached hydrogens (tertiary/aromatic N) is 5. The summed E-state index contributed by atoms with van der Waals surface area (Å²) in [6.07, 6.45) is 0. The Labute approximate surface area is 157 Å². The monoisotopic (exact) mass is 393 g/mol. The first-order valence-electron chi connectivity index (χ1n) is 8.59. The van der Waals surface area contributed by atoms with E-state index in [2.05, 4.69) is 5.10 Å². The number of hydrogen-bond acceptors (Lipinski definition) is 6. The van der Waals surface area contributed by atoms with Crippen molar-refractivity contribution in [1.29, 1.82) is 0 Å². The number of benzene rings is 1. The van der Waals surface area contributed by atoms with Gasteiger partial charge in [0, 0.05) is 40.3 Å². The molecule has 1 aromatic heterocycles. The molecule has 0 saturated carbocycles. The topological polar surface area (TPSA) is 97.5 Å². The Bertz CT molecular complexity index is 1100. The van der Waals surface area contributed by atoms with Crippen molar-refractivity contribution in [2.24, 2.45) is 14.1 Å². The maximum absolute atomic E-state index is 13.0. The van der Waals surface area contributed by atoms with Crippen LogP contribution < -0.4 is 16.1 Å². The van der Waals surface area contributed by atoms with Crippen molar-refractivity contribution in [1.82, 2.24) is 18.7 Å². The van der Waals surface area contributed by atoms with Gasteiger partial charge in [-0.1, -0.05) is 12.1 Å². The number of piperazine rings is 1. The smallest absolute Gasteiger partial charge is 0.346 e. The van der Waals surface area contributed by atoms with E-state index >= 15 is 0 Å². The second-order valence-corrected chi connectivity index (χ2v) is 8.66. The minimum absolute atomic E-state index is 0.156. The maximum Gasteiger partial charge on any atom is 0.346 e. The van der Waals surface area contributed by atoms with Gasteiger partial charge in [-0.2, -0.15) is 4.31 Å². The van der Waals surface area contributed by atoms with Crippen molar-refractivity contribution in [3.63, 3.8) is 0 Å². The predicted octanol–water partition coefficient (Wildman–Crippen LogP) is -0.393. The highest BCUT2D eigenvalue weighted by Crippen LogP contribution is 2.22. The molecule has 0 aliphatic carbocycles. The van der Waals surface area contributed by atoms with Crippen LogP contribution in [-0.2, 0) is 24.1 Å². The van der Waals surface area contributed by atoms with E-state index in [-0.39, 0.29) is 18.9 Å². The summed E-state index contributed by atoms with van der Waals surface area (Å²) in [4.78, 5) is 26.1. The number of aryl methyl sites for hydroxylation is 3. The van der Waals surface area contributed by atoms with E-state index < -0.39 is 21.3 Å². The molecule has 0 N–H and O–H groups in total. The summed E-state index contributed by atoms with van der Waals surface area (Å²) in [5.41, 5.74) is 0.608. The largest absolute Gasteiger partial charge is 0.348 e. The van der Waals surface area contributed by atoms with Crippen LogP contribution in [0.1, 0.15) is 11.1 Å². The average Bonchev–Trinajstić information content (AvgIpc) is 2.65. The summed E-state index contributed by atoms with van der Waals surface area (Å²) in [6, 6.07) is 5.37. The van der Waals surface area contributed by atoms with Crippen LogP contribution in [0, 0.1) is 13.8 Å². The van der Waals surface area contributed by atoms with Crippen LogP contribution in [0.25, 0.3) is 0 Å². The van der Waals surface area contributed by atoms with Gasteiger partial charge in [-0.05, 0) is 31.0 Å². The minimum atomic E-state index is -3.61. The van der Waals surface area contributed by atoms with Gasteiger partial charge < -0.3 is 4.90 Å². The Morgan fingerprint density at radius 1 is 1.00 bits per heavy atom. The van der Waals surface area contributed by atoms with Crippen LogP contribution in [0.2, 0.25) is 0 Å². The van der Waals surface area contributed by atoms with Crippen molar-refractivity contribution >= 4 is 15.8 Å². The maximum atomic E-state index is 13.0. The normalized spacial score (nSPS) is 15.9. The minimum Gasteiger partial charge on any atom is -0.348 e. The van der Waals surface area contributed by atoms with Gasteiger partial charge in [0.25, 0.3) is 5.56 Å². The third-order valence-corrected chi connectivity index (χ3v) is 6.84. The van der Waals surface area contributed by atoms with Crippen LogP contribution in [0.3, 0.4) is 0 Å². The standard InChI is InChI=1S/C17H23N5O4S/c1-12-5-6-13(2)14(11-12)27(25,26)22-9-7-21(8-10-22)15-16(23)19(3)17(24)20(4)18-15/h5-6,11H,7-10H2,1-4H3. The Hall–Kier alpha value is -2.46. The van der Waals surface area contributed by atoms with Crippen LogP contribution in [-0.4, -0.2) is 53.2 Å². The summed E-state index contributed by atoms with van der Waals surface area (Å²) < 4.78 is 29.5. The van der Waals surface area contributed by atoms with Gasteiger partial charge in [-0.25, -0.2) is 17.9 Å². The molecule has 0 unspecified atom stereocenters. The van der Waals surface area contributed by atoms with Crippen LogP contribution in [0.4, 0.5) is 5.82 Å². The highest BCUT2D eigenvalue weighted by molar-refractivity contribution is 7.89. The molecule has 0 bridgehead atoms. The van der Waals surface area contributed by atoms with Gasteiger partial charge in [-0.15, -0.1) is 5.10 Å². The first-order chi connectivity index (χ1) is 12.6. The Morgan fingerprint density at radius 2 is 1.63 bits per heavy atom. The number of aromatic nitrogens is 3. The third-order valence-electron chi connectivity index (χ3n) is 4.80. The number of rotatable bonds is 3. The molecular formula is C17H23N5O4S. The van der Waals surface area contributed by atoms with Crippen LogP contribution in [0.15, 0.2) is 32.7 Å². The Kier molecular flexibility index (Phi) is 4.96. The molecule has 10 heteroatoms. The van der Waals surface area contributed by atoms with Gasteiger partial charge in [0.05, 0.1) is 4.90 Å². The molecule has 1 aliphatic heterocycles. The molecule has 1 saturated heterocycles. The van der Waals surface area contributed by atoms with Crippen molar-refractivity contribution < 1.29 is 8.42 Å². The number of sulfonamides is 1. The Morgan fingerprint density at radius 3 is 2.26 bits per heavy atom. The summed E-state index contributed by atoms with van der Waals surface area (Å²) in [5.74, 6) is 0.156. The summed E-state index contributed by atoms with van der Waals surface area (Å²) >= 11 is 0. The Balaban J connectivity index is 1.85. The van der Waals surface area contributed by atoms with E-state index in [4.69, 9.17) is 0 Å². The van der Waals surface area contributed by atoms with E-state index in [9.17, 15) is 18.0 Å². The summed E-state index contributed by atoms with van der Waals surface area (Å²) in [6.45, 7) is 4.76. The molecule has 2 heterocycles. The molecule has 0 atom stereocenters. The molecule has 2 aromatic rings. The van der Waals surface area contributed by atoms with Crippen molar-refractivity contribution in [3.05, 3.63) is 50.2 Å². The summed E-state index contributed by atoms with van der Waals surface area (Å²) in [5, 5.41) is 4.06. The molecule has 1 fully saturated rings. The molecular weight excluding hydrogens is 370 g/mol. The summed E-state index contributed by atoms with van der Waals surface area (Å²) in [7, 11) is -0.728. The third kappa shape index (κ3) is 3.42. The fourth-order valence-corrected chi connectivity index (χ4v) is 4.88. The van der Waals surface area contributed by atoms with Gasteiger partial charge in [0.15, 0.2) is 0 Å². The van der Waals surface area contributed by atoms with E-state index in [0.717, 1.165) is 14.8 Å². The quantitative estimate of drug-likeness (QED) is 0.704. The predicted molar refractivity (Wildman–Crippen MR) is 102 cm³/mol. The van der Waals surface area contributed by atoms with Crippen LogP contribution >= 0.6 is 0 Å².